The highest BCUT2D eigenvalue weighted by Gasteiger charge is 2.11. The zero-order valence-electron chi connectivity index (χ0n) is 7.77. The van der Waals surface area contributed by atoms with Crippen LogP contribution in [0.2, 0.25) is 0 Å². The molecule has 0 saturated heterocycles. The summed E-state index contributed by atoms with van der Waals surface area (Å²) >= 11 is 1.61. The van der Waals surface area contributed by atoms with E-state index < -0.39 is 6.10 Å². The second-order valence-corrected chi connectivity index (χ2v) is 4.44. The van der Waals surface area contributed by atoms with Gasteiger partial charge < -0.3 is 5.11 Å². The molecule has 14 heavy (non-hydrogen) atoms. The summed E-state index contributed by atoms with van der Waals surface area (Å²) in [5.74, 6) is 0. The fourth-order valence-electron chi connectivity index (χ4n) is 1.22. The van der Waals surface area contributed by atoms with Gasteiger partial charge in [-0.1, -0.05) is 0 Å². The van der Waals surface area contributed by atoms with Gasteiger partial charge in [-0.05, 0) is 6.92 Å². The van der Waals surface area contributed by atoms with Crippen LogP contribution in [0.3, 0.4) is 0 Å². The third kappa shape index (κ3) is 2.00. The van der Waals surface area contributed by atoms with Gasteiger partial charge >= 0.3 is 0 Å². The van der Waals surface area contributed by atoms with Crippen LogP contribution in [0.25, 0.3) is 0 Å². The van der Waals surface area contributed by atoms with Crippen LogP contribution in [0, 0.1) is 6.92 Å². The number of aliphatic hydroxyl groups is 1. The summed E-state index contributed by atoms with van der Waals surface area (Å²) in [7, 11) is 0. The van der Waals surface area contributed by atoms with Crippen molar-refractivity contribution in [2.75, 3.05) is 0 Å². The standard InChI is InChI=1S/C9H11N3OS/c1-6-3-10-9(14-6)2-8(13)7-4-11-12-5-7/h3-5,8,13H,2H2,1H3,(H,11,12). The molecule has 2 aromatic rings. The molecule has 1 atom stereocenters. The second kappa shape index (κ2) is 3.89. The number of hydrogen-bond acceptors (Lipinski definition) is 4. The first-order valence-electron chi connectivity index (χ1n) is 4.34. The van der Waals surface area contributed by atoms with E-state index in [1.807, 2.05) is 13.1 Å². The Balaban J connectivity index is 2.05. The Bertz CT molecular complexity index is 396. The van der Waals surface area contributed by atoms with Gasteiger partial charge in [-0.15, -0.1) is 11.3 Å². The molecule has 0 aliphatic heterocycles. The van der Waals surface area contributed by atoms with Gasteiger partial charge in [0.1, 0.15) is 0 Å². The van der Waals surface area contributed by atoms with E-state index in [0.717, 1.165) is 10.6 Å². The molecule has 0 aliphatic rings. The summed E-state index contributed by atoms with van der Waals surface area (Å²) in [5, 5.41) is 17.2. The Labute approximate surface area is 85.6 Å². The summed E-state index contributed by atoms with van der Waals surface area (Å²) in [4.78, 5) is 5.36. The van der Waals surface area contributed by atoms with Gasteiger partial charge in [0.25, 0.3) is 0 Å². The topological polar surface area (TPSA) is 61.8 Å². The Hall–Kier alpha value is -1.20. The SMILES string of the molecule is Cc1cnc(CC(O)c2cn[nH]c2)s1. The molecule has 0 bridgehead atoms. The first kappa shape index (κ1) is 9.36. The summed E-state index contributed by atoms with van der Waals surface area (Å²) < 4.78 is 0. The van der Waals surface area contributed by atoms with Gasteiger partial charge in [0, 0.05) is 29.3 Å². The lowest BCUT2D eigenvalue weighted by Gasteiger charge is -2.04. The van der Waals surface area contributed by atoms with Gasteiger partial charge in [-0.25, -0.2) is 4.98 Å². The van der Waals surface area contributed by atoms with Gasteiger partial charge in [0.15, 0.2) is 0 Å². The van der Waals surface area contributed by atoms with E-state index in [9.17, 15) is 5.11 Å². The molecule has 2 N–H and O–H groups in total. The van der Waals surface area contributed by atoms with E-state index in [1.165, 1.54) is 4.88 Å². The Morgan fingerprint density at radius 3 is 3.00 bits per heavy atom. The fourth-order valence-corrected chi connectivity index (χ4v) is 2.05. The molecule has 2 rings (SSSR count). The monoisotopic (exact) mass is 209 g/mol. The Kier molecular flexibility index (Phi) is 2.60. The molecular formula is C9H11N3OS. The van der Waals surface area contributed by atoms with Crippen LogP contribution in [-0.2, 0) is 6.42 Å². The molecule has 0 spiro atoms. The number of nitrogens with one attached hydrogen (secondary N) is 1. The van der Waals surface area contributed by atoms with E-state index in [0.29, 0.717) is 6.42 Å². The molecule has 0 radical (unpaired) electrons. The fraction of sp³-hybridized carbons (Fsp3) is 0.333. The number of nitrogens with zero attached hydrogens (tertiary/aromatic N) is 2. The highest BCUT2D eigenvalue weighted by molar-refractivity contribution is 7.11. The summed E-state index contributed by atoms with van der Waals surface area (Å²) in [6.45, 7) is 2.01. The number of aryl methyl sites for hydroxylation is 1. The van der Waals surface area contributed by atoms with Crippen molar-refractivity contribution in [3.63, 3.8) is 0 Å². The van der Waals surface area contributed by atoms with Crippen LogP contribution in [0.15, 0.2) is 18.6 Å². The predicted molar refractivity (Wildman–Crippen MR) is 54.1 cm³/mol. The lowest BCUT2D eigenvalue weighted by atomic mass is 10.1. The van der Waals surface area contributed by atoms with Crippen molar-refractivity contribution in [3.8, 4) is 0 Å². The van der Waals surface area contributed by atoms with Crippen LogP contribution < -0.4 is 0 Å². The van der Waals surface area contributed by atoms with E-state index >= 15 is 0 Å². The number of thiazole rings is 1. The van der Waals surface area contributed by atoms with Crippen LogP contribution in [0.1, 0.15) is 21.6 Å². The summed E-state index contributed by atoms with van der Waals surface area (Å²) in [6, 6.07) is 0. The maximum Gasteiger partial charge on any atom is 0.0956 e. The third-order valence-corrected chi connectivity index (χ3v) is 2.88. The maximum atomic E-state index is 9.78. The summed E-state index contributed by atoms with van der Waals surface area (Å²) in [6.07, 6.45) is 5.19. The molecule has 0 aliphatic carbocycles. The summed E-state index contributed by atoms with van der Waals surface area (Å²) in [5.41, 5.74) is 0.804. The van der Waals surface area contributed by atoms with Crippen LogP contribution in [0.5, 0.6) is 0 Å². The van der Waals surface area contributed by atoms with Crippen LogP contribution >= 0.6 is 11.3 Å². The molecule has 2 heterocycles. The lowest BCUT2D eigenvalue weighted by Crippen LogP contribution is -1.99. The van der Waals surface area contributed by atoms with Crippen molar-refractivity contribution < 1.29 is 5.11 Å². The average molecular weight is 209 g/mol. The van der Waals surface area contributed by atoms with E-state index in [1.54, 1.807) is 23.7 Å². The van der Waals surface area contributed by atoms with Crippen molar-refractivity contribution in [2.45, 2.75) is 19.4 Å². The lowest BCUT2D eigenvalue weighted by molar-refractivity contribution is 0.178. The number of rotatable bonds is 3. The molecule has 1 unspecified atom stereocenters. The minimum Gasteiger partial charge on any atom is -0.388 e. The molecule has 0 amide bonds. The number of hydrogen-bond donors (Lipinski definition) is 2. The number of aromatic nitrogens is 3. The average Bonchev–Trinajstić information content (AvgIpc) is 2.75. The first-order chi connectivity index (χ1) is 6.75. The van der Waals surface area contributed by atoms with E-state index in [4.69, 9.17) is 0 Å². The minimum absolute atomic E-state index is 0.515. The first-order valence-corrected chi connectivity index (χ1v) is 5.15. The maximum absolute atomic E-state index is 9.78. The second-order valence-electron chi connectivity index (χ2n) is 3.12. The van der Waals surface area contributed by atoms with Gasteiger partial charge in [-0.2, -0.15) is 5.10 Å². The minimum atomic E-state index is -0.515. The Morgan fingerprint density at radius 2 is 2.43 bits per heavy atom. The van der Waals surface area contributed by atoms with Crippen molar-refractivity contribution >= 4 is 11.3 Å². The molecule has 5 heteroatoms. The molecule has 4 nitrogen and oxygen atoms in total. The normalized spacial score (nSPS) is 13.0. The number of aliphatic hydroxyl groups excluding tert-OH is 1. The van der Waals surface area contributed by atoms with E-state index in [-0.39, 0.29) is 0 Å². The molecule has 2 aromatic heterocycles. The molecule has 0 aromatic carbocycles. The van der Waals surface area contributed by atoms with Gasteiger partial charge in [-0.3, -0.25) is 5.10 Å². The zero-order valence-corrected chi connectivity index (χ0v) is 8.58. The molecule has 0 fully saturated rings. The smallest absolute Gasteiger partial charge is 0.0956 e. The molecule has 74 valence electrons. The van der Waals surface area contributed by atoms with E-state index in [2.05, 4.69) is 15.2 Å². The van der Waals surface area contributed by atoms with Crippen LogP contribution in [-0.4, -0.2) is 20.3 Å². The van der Waals surface area contributed by atoms with Crippen molar-refractivity contribution in [2.24, 2.45) is 0 Å². The zero-order chi connectivity index (χ0) is 9.97. The predicted octanol–water partition coefficient (Wildman–Crippen LogP) is 1.45. The molecular weight excluding hydrogens is 198 g/mol. The van der Waals surface area contributed by atoms with Crippen molar-refractivity contribution in [1.29, 1.82) is 0 Å². The molecule has 0 saturated carbocycles. The quantitative estimate of drug-likeness (QED) is 0.804. The van der Waals surface area contributed by atoms with Gasteiger partial charge in [0.05, 0.1) is 17.3 Å². The largest absolute Gasteiger partial charge is 0.388 e. The van der Waals surface area contributed by atoms with Crippen molar-refractivity contribution in [1.82, 2.24) is 15.2 Å². The number of H-pyrrole nitrogens is 1. The number of aromatic amines is 1. The third-order valence-electron chi connectivity index (χ3n) is 1.94. The van der Waals surface area contributed by atoms with Crippen LogP contribution in [0.4, 0.5) is 0 Å². The van der Waals surface area contributed by atoms with Crippen molar-refractivity contribution in [3.05, 3.63) is 34.0 Å². The highest BCUT2D eigenvalue weighted by atomic mass is 32.1. The Morgan fingerprint density at radius 1 is 1.57 bits per heavy atom. The van der Waals surface area contributed by atoms with Gasteiger partial charge in [0.2, 0.25) is 0 Å². The highest BCUT2D eigenvalue weighted by Crippen LogP contribution is 2.20.